The molecule has 0 amide bonds. The molecule has 0 aliphatic rings. The molecule has 1 heterocycles. The van der Waals surface area contributed by atoms with Crippen molar-refractivity contribution in [3.05, 3.63) is 47.5 Å². The second-order valence-corrected chi connectivity index (χ2v) is 6.52. The Hall–Kier alpha value is -2.37. The van der Waals surface area contributed by atoms with Gasteiger partial charge in [0.2, 0.25) is 0 Å². The van der Waals surface area contributed by atoms with Crippen LogP contribution in [0.5, 0.6) is 0 Å². The van der Waals surface area contributed by atoms with Gasteiger partial charge in [0.15, 0.2) is 11.8 Å². The number of hydrogen-bond acceptors (Lipinski definition) is 3. The highest BCUT2D eigenvalue weighted by Gasteiger charge is 2.20. The summed E-state index contributed by atoms with van der Waals surface area (Å²) in [5.41, 5.74) is 1.32. The molecule has 2 rings (SSSR count). The van der Waals surface area contributed by atoms with Crippen molar-refractivity contribution in [2.24, 2.45) is 12.0 Å². The molecule has 0 aliphatic carbocycles. The molecule has 0 spiro atoms. The molecular weight excluding hydrogens is 300 g/mol. The predicted octanol–water partition coefficient (Wildman–Crippen LogP) is 2.16. The maximum absolute atomic E-state index is 4.63. The topological polar surface area (TPSA) is 67.1 Å². The van der Waals surface area contributed by atoms with Crippen LogP contribution in [0.3, 0.4) is 0 Å². The summed E-state index contributed by atoms with van der Waals surface area (Å²) in [5, 5.41) is 14.9. The molecule has 24 heavy (non-hydrogen) atoms. The van der Waals surface area contributed by atoms with Crippen molar-refractivity contribution in [1.82, 2.24) is 25.4 Å². The Morgan fingerprint density at radius 2 is 1.88 bits per heavy atom. The lowest BCUT2D eigenvalue weighted by Gasteiger charge is -2.26. The van der Waals surface area contributed by atoms with Crippen molar-refractivity contribution >= 4 is 5.96 Å². The van der Waals surface area contributed by atoms with Gasteiger partial charge in [0, 0.05) is 25.6 Å². The van der Waals surface area contributed by atoms with Gasteiger partial charge in [-0.15, -0.1) is 10.2 Å². The zero-order chi connectivity index (χ0) is 17.6. The summed E-state index contributed by atoms with van der Waals surface area (Å²) in [6.45, 7) is 10.6. The summed E-state index contributed by atoms with van der Waals surface area (Å²) >= 11 is 0. The van der Waals surface area contributed by atoms with E-state index in [2.05, 4.69) is 70.9 Å². The van der Waals surface area contributed by atoms with Crippen molar-refractivity contribution in [3.8, 4) is 0 Å². The Bertz CT molecular complexity index is 672. The first-order valence-corrected chi connectivity index (χ1v) is 8.36. The Kier molecular flexibility index (Phi) is 5.95. The van der Waals surface area contributed by atoms with Crippen LogP contribution in [0.1, 0.15) is 38.0 Å². The van der Waals surface area contributed by atoms with Gasteiger partial charge >= 0.3 is 0 Å². The zero-order valence-electron chi connectivity index (χ0n) is 15.3. The van der Waals surface area contributed by atoms with Gasteiger partial charge in [0.05, 0.1) is 0 Å². The molecule has 0 saturated heterocycles. The molecule has 6 nitrogen and oxygen atoms in total. The maximum atomic E-state index is 4.63. The first kappa shape index (κ1) is 18.0. The fourth-order valence-corrected chi connectivity index (χ4v) is 2.38. The van der Waals surface area contributed by atoms with Gasteiger partial charge in [-0.1, -0.05) is 44.2 Å². The lowest BCUT2D eigenvalue weighted by atomic mass is 9.85. The van der Waals surface area contributed by atoms with Crippen molar-refractivity contribution in [2.75, 3.05) is 13.1 Å². The molecule has 0 unspecified atom stereocenters. The van der Waals surface area contributed by atoms with E-state index in [0.29, 0.717) is 6.54 Å². The van der Waals surface area contributed by atoms with E-state index in [-0.39, 0.29) is 5.41 Å². The number of benzene rings is 1. The summed E-state index contributed by atoms with van der Waals surface area (Å²) in [7, 11) is 1.96. The molecule has 1 aromatic carbocycles. The van der Waals surface area contributed by atoms with E-state index >= 15 is 0 Å². The van der Waals surface area contributed by atoms with Crippen molar-refractivity contribution < 1.29 is 0 Å². The van der Waals surface area contributed by atoms with E-state index in [1.807, 2.05) is 24.6 Å². The molecule has 0 aliphatic heterocycles. The van der Waals surface area contributed by atoms with Crippen LogP contribution >= 0.6 is 0 Å². The maximum Gasteiger partial charge on any atom is 0.191 e. The number of aliphatic imine (C=N–C) groups is 1. The van der Waals surface area contributed by atoms with Gasteiger partial charge in [-0.3, -0.25) is 0 Å². The number of nitrogens with zero attached hydrogens (tertiary/aromatic N) is 4. The summed E-state index contributed by atoms with van der Waals surface area (Å²) in [6, 6.07) is 10.5. The van der Waals surface area contributed by atoms with Gasteiger partial charge < -0.3 is 15.2 Å². The van der Waals surface area contributed by atoms with Gasteiger partial charge in [-0.2, -0.15) is 0 Å². The Morgan fingerprint density at radius 1 is 1.17 bits per heavy atom. The van der Waals surface area contributed by atoms with Crippen molar-refractivity contribution in [2.45, 2.75) is 39.7 Å². The van der Waals surface area contributed by atoms with Gasteiger partial charge in [-0.25, -0.2) is 4.99 Å². The monoisotopic (exact) mass is 328 g/mol. The predicted molar refractivity (Wildman–Crippen MR) is 98.0 cm³/mol. The molecule has 2 N–H and O–H groups in total. The molecule has 0 bridgehead atoms. The van der Waals surface area contributed by atoms with Crippen LogP contribution in [0, 0.1) is 6.92 Å². The first-order valence-electron chi connectivity index (χ1n) is 8.36. The summed E-state index contributed by atoms with van der Waals surface area (Å²) in [6.07, 6.45) is 0. The highest BCUT2D eigenvalue weighted by atomic mass is 15.3. The highest BCUT2D eigenvalue weighted by Crippen LogP contribution is 2.21. The molecule has 0 atom stereocenters. The molecule has 0 radical (unpaired) electrons. The second-order valence-electron chi connectivity index (χ2n) is 6.52. The normalized spacial score (nSPS) is 12.3. The average Bonchev–Trinajstić information content (AvgIpc) is 2.90. The molecular formula is C18H28N6. The first-order chi connectivity index (χ1) is 11.4. The average molecular weight is 328 g/mol. The molecule has 2 aromatic rings. The number of aromatic nitrogens is 3. The quantitative estimate of drug-likeness (QED) is 0.630. The minimum atomic E-state index is 0.0127. The van der Waals surface area contributed by atoms with Gasteiger partial charge in [-0.05, 0) is 19.4 Å². The zero-order valence-corrected chi connectivity index (χ0v) is 15.3. The van der Waals surface area contributed by atoms with Crippen LogP contribution in [0.4, 0.5) is 0 Å². The second kappa shape index (κ2) is 7.95. The Morgan fingerprint density at radius 3 is 2.46 bits per heavy atom. The molecule has 130 valence electrons. The Labute approximate surface area is 144 Å². The van der Waals surface area contributed by atoms with Gasteiger partial charge in [0.1, 0.15) is 12.4 Å². The fourth-order valence-electron chi connectivity index (χ4n) is 2.38. The van der Waals surface area contributed by atoms with E-state index in [1.54, 1.807) is 0 Å². The summed E-state index contributed by atoms with van der Waals surface area (Å²) < 4.78 is 1.96. The van der Waals surface area contributed by atoms with E-state index in [4.69, 9.17) is 0 Å². The number of aryl methyl sites for hydroxylation is 1. The van der Waals surface area contributed by atoms with Crippen molar-refractivity contribution in [1.29, 1.82) is 0 Å². The molecule has 0 saturated carbocycles. The Balaban J connectivity index is 2.03. The number of nitrogens with one attached hydrogen (secondary N) is 2. The van der Waals surface area contributed by atoms with Crippen LogP contribution in [-0.4, -0.2) is 33.8 Å². The molecule has 0 fully saturated rings. The van der Waals surface area contributed by atoms with Crippen LogP contribution in [0.15, 0.2) is 35.3 Å². The molecule has 6 heteroatoms. The third-order valence-corrected chi connectivity index (χ3v) is 4.16. The SMILES string of the molecule is CCNC(=NCc1nnc(C)n1C)NCC(C)(C)c1ccccc1. The highest BCUT2D eigenvalue weighted by molar-refractivity contribution is 5.79. The van der Waals surface area contributed by atoms with Gasteiger partial charge in [0.25, 0.3) is 0 Å². The van der Waals surface area contributed by atoms with Crippen LogP contribution in [-0.2, 0) is 19.0 Å². The smallest absolute Gasteiger partial charge is 0.191 e. The largest absolute Gasteiger partial charge is 0.357 e. The lowest BCUT2D eigenvalue weighted by Crippen LogP contribution is -2.43. The minimum absolute atomic E-state index is 0.0127. The number of guanidine groups is 1. The molecule has 1 aromatic heterocycles. The number of hydrogen-bond donors (Lipinski definition) is 2. The third-order valence-electron chi connectivity index (χ3n) is 4.16. The number of rotatable bonds is 6. The minimum Gasteiger partial charge on any atom is -0.357 e. The summed E-state index contributed by atoms with van der Waals surface area (Å²) in [5.74, 6) is 2.54. The van der Waals surface area contributed by atoms with E-state index in [0.717, 1.165) is 30.7 Å². The lowest BCUT2D eigenvalue weighted by molar-refractivity contribution is 0.508. The standard InChI is InChI=1S/C18H28N6/c1-6-19-17(20-12-16-23-22-14(2)24(16)5)21-13-18(3,4)15-10-8-7-9-11-15/h7-11H,6,12-13H2,1-5H3,(H2,19,20,21). The van der Waals surface area contributed by atoms with Crippen LogP contribution < -0.4 is 10.6 Å². The van der Waals surface area contributed by atoms with Crippen molar-refractivity contribution in [3.63, 3.8) is 0 Å². The fraction of sp³-hybridized carbons (Fsp3) is 0.500. The van der Waals surface area contributed by atoms with E-state index in [1.165, 1.54) is 5.56 Å². The van der Waals surface area contributed by atoms with E-state index < -0.39 is 0 Å². The third kappa shape index (κ3) is 4.57. The van der Waals surface area contributed by atoms with Crippen LogP contribution in [0.25, 0.3) is 0 Å². The van der Waals surface area contributed by atoms with Crippen LogP contribution in [0.2, 0.25) is 0 Å². The summed E-state index contributed by atoms with van der Waals surface area (Å²) in [4.78, 5) is 4.63. The van der Waals surface area contributed by atoms with E-state index in [9.17, 15) is 0 Å².